The third-order valence-corrected chi connectivity index (χ3v) is 7.28. The first kappa shape index (κ1) is 23.7. The second kappa shape index (κ2) is 10.3. The number of aryl methyl sites for hydroxylation is 1. The van der Waals surface area contributed by atoms with E-state index in [1.54, 1.807) is 24.3 Å². The number of anilines is 1. The van der Waals surface area contributed by atoms with Crippen LogP contribution in [0.2, 0.25) is 5.02 Å². The summed E-state index contributed by atoms with van der Waals surface area (Å²) in [5.41, 5.74) is 2.49. The lowest BCUT2D eigenvalue weighted by molar-refractivity contribution is -0.113. The van der Waals surface area contributed by atoms with Crippen molar-refractivity contribution < 1.29 is 14.3 Å². The standard InChI is InChI=1S/C27H20BrClN2O3S/c28-19-11-12-23-21(16-19)18(17-30(23)13-6-14-34-24-10-5-4-9-22(24)29)15-25-26(32)31(27(33)35-25)20-7-2-1-3-8-20/h1-5,7-12,15-17H,6,13-14H2/b25-15-. The molecule has 0 saturated carbocycles. The Morgan fingerprint density at radius 3 is 2.57 bits per heavy atom. The van der Waals surface area contributed by atoms with E-state index < -0.39 is 0 Å². The zero-order valence-corrected chi connectivity index (χ0v) is 21.6. The van der Waals surface area contributed by atoms with E-state index in [9.17, 15) is 9.59 Å². The van der Waals surface area contributed by atoms with Crippen LogP contribution in [-0.4, -0.2) is 22.3 Å². The first-order chi connectivity index (χ1) is 17.0. The fourth-order valence-electron chi connectivity index (χ4n) is 3.98. The van der Waals surface area contributed by atoms with Crippen LogP contribution < -0.4 is 9.64 Å². The maximum absolute atomic E-state index is 13.1. The molecule has 1 saturated heterocycles. The van der Waals surface area contributed by atoms with Gasteiger partial charge in [0.1, 0.15) is 5.75 Å². The number of carbonyl (C=O) groups is 2. The van der Waals surface area contributed by atoms with Crippen LogP contribution >= 0.6 is 39.3 Å². The van der Waals surface area contributed by atoms with Crippen molar-refractivity contribution >= 4 is 73.1 Å². The molecule has 5 rings (SSSR count). The molecule has 0 N–H and O–H groups in total. The van der Waals surface area contributed by atoms with Gasteiger partial charge in [0.2, 0.25) is 0 Å². The molecule has 5 nitrogen and oxygen atoms in total. The number of rotatable bonds is 7. The predicted molar refractivity (Wildman–Crippen MR) is 146 cm³/mol. The predicted octanol–water partition coefficient (Wildman–Crippen LogP) is 7.77. The topological polar surface area (TPSA) is 51.5 Å². The number of ether oxygens (including phenoxy) is 1. The zero-order chi connectivity index (χ0) is 24.4. The molecule has 2 amide bonds. The Labute approximate surface area is 220 Å². The molecule has 1 aromatic heterocycles. The minimum atomic E-state index is -0.310. The van der Waals surface area contributed by atoms with Gasteiger partial charge in [0.25, 0.3) is 11.1 Å². The Bertz CT molecular complexity index is 1450. The fourth-order valence-corrected chi connectivity index (χ4v) is 5.37. The Kier molecular flexibility index (Phi) is 7.00. The van der Waals surface area contributed by atoms with Crippen LogP contribution in [0.4, 0.5) is 10.5 Å². The molecule has 0 atom stereocenters. The van der Waals surface area contributed by atoms with E-state index >= 15 is 0 Å². The third-order valence-electron chi connectivity index (χ3n) is 5.61. The SMILES string of the molecule is O=C1S/C(=C\c2cn(CCCOc3ccccc3Cl)c3ccc(Br)cc23)C(=O)N1c1ccccc1. The Hall–Kier alpha value is -3.00. The number of halogens is 2. The lowest BCUT2D eigenvalue weighted by Gasteiger charge is -2.11. The van der Waals surface area contributed by atoms with Crippen molar-refractivity contribution in [3.8, 4) is 5.75 Å². The second-order valence-corrected chi connectivity index (χ2v) is 10.2. The molecule has 0 bridgehead atoms. The van der Waals surface area contributed by atoms with Crippen LogP contribution in [0.25, 0.3) is 17.0 Å². The van der Waals surface area contributed by atoms with Crippen LogP contribution in [-0.2, 0) is 11.3 Å². The summed E-state index contributed by atoms with van der Waals surface area (Å²) in [7, 11) is 0. The number of amides is 2. The number of carbonyl (C=O) groups excluding carboxylic acids is 2. The molecule has 1 aliphatic rings. The van der Waals surface area contributed by atoms with E-state index in [1.807, 2.05) is 60.8 Å². The number of para-hydroxylation sites is 2. The zero-order valence-electron chi connectivity index (χ0n) is 18.5. The van der Waals surface area contributed by atoms with Crippen molar-refractivity contribution in [2.24, 2.45) is 0 Å². The molecule has 0 unspecified atom stereocenters. The summed E-state index contributed by atoms with van der Waals surface area (Å²) in [6.45, 7) is 1.24. The van der Waals surface area contributed by atoms with Crippen LogP contribution in [0.15, 0.2) is 88.4 Å². The number of imide groups is 1. The van der Waals surface area contributed by atoms with E-state index in [0.717, 1.165) is 45.7 Å². The van der Waals surface area contributed by atoms with E-state index in [-0.39, 0.29) is 11.1 Å². The van der Waals surface area contributed by atoms with Gasteiger partial charge in [0.05, 0.1) is 22.2 Å². The first-order valence-electron chi connectivity index (χ1n) is 11.0. The van der Waals surface area contributed by atoms with Crippen molar-refractivity contribution in [3.63, 3.8) is 0 Å². The minimum absolute atomic E-state index is 0.297. The van der Waals surface area contributed by atoms with Crippen molar-refractivity contribution in [3.05, 3.63) is 99.0 Å². The molecule has 176 valence electrons. The highest BCUT2D eigenvalue weighted by Gasteiger charge is 2.36. The molecule has 0 radical (unpaired) electrons. The van der Waals surface area contributed by atoms with Crippen molar-refractivity contribution in [1.82, 2.24) is 4.57 Å². The molecule has 8 heteroatoms. The number of aromatic nitrogens is 1. The monoisotopic (exact) mass is 566 g/mol. The summed E-state index contributed by atoms with van der Waals surface area (Å²) in [5, 5.41) is 1.29. The summed E-state index contributed by atoms with van der Waals surface area (Å²) < 4.78 is 8.91. The Morgan fingerprint density at radius 2 is 1.77 bits per heavy atom. The molecule has 2 heterocycles. The van der Waals surface area contributed by atoms with Crippen LogP contribution in [0, 0.1) is 0 Å². The van der Waals surface area contributed by atoms with Crippen molar-refractivity contribution in [1.29, 1.82) is 0 Å². The normalized spacial score (nSPS) is 14.9. The van der Waals surface area contributed by atoms with Gasteiger partial charge in [-0.25, -0.2) is 4.90 Å². The number of hydrogen-bond donors (Lipinski definition) is 0. The molecule has 3 aromatic carbocycles. The minimum Gasteiger partial charge on any atom is -0.492 e. The van der Waals surface area contributed by atoms with Gasteiger partial charge in [-0.15, -0.1) is 0 Å². The quantitative estimate of drug-likeness (QED) is 0.169. The van der Waals surface area contributed by atoms with Gasteiger partial charge in [-0.1, -0.05) is 57.9 Å². The van der Waals surface area contributed by atoms with E-state index in [0.29, 0.717) is 28.0 Å². The largest absolute Gasteiger partial charge is 0.492 e. The average Bonchev–Trinajstić information content (AvgIpc) is 3.33. The highest BCUT2D eigenvalue weighted by molar-refractivity contribution is 9.10. The smallest absolute Gasteiger partial charge is 0.298 e. The number of nitrogens with zero attached hydrogens (tertiary/aromatic N) is 2. The maximum atomic E-state index is 13.1. The summed E-state index contributed by atoms with van der Waals surface area (Å²) >= 11 is 10.7. The average molecular weight is 568 g/mol. The third kappa shape index (κ3) is 5.03. The molecule has 4 aromatic rings. The first-order valence-corrected chi connectivity index (χ1v) is 13.0. The second-order valence-electron chi connectivity index (χ2n) is 7.92. The van der Waals surface area contributed by atoms with Crippen LogP contribution in [0.5, 0.6) is 5.75 Å². The maximum Gasteiger partial charge on any atom is 0.298 e. The van der Waals surface area contributed by atoms with Crippen LogP contribution in [0.3, 0.4) is 0 Å². The highest BCUT2D eigenvalue weighted by atomic mass is 79.9. The Balaban J connectivity index is 1.38. The molecule has 1 aliphatic heterocycles. The summed E-state index contributed by atoms with van der Waals surface area (Å²) in [5.74, 6) is 0.362. The fraction of sp³-hybridized carbons (Fsp3) is 0.111. The van der Waals surface area contributed by atoms with E-state index in [1.165, 1.54) is 4.90 Å². The molecule has 0 spiro atoms. The molecular weight excluding hydrogens is 548 g/mol. The van der Waals surface area contributed by atoms with Gasteiger partial charge in [-0.2, -0.15) is 0 Å². The molecule has 1 fully saturated rings. The van der Waals surface area contributed by atoms with E-state index in [4.69, 9.17) is 16.3 Å². The summed E-state index contributed by atoms with van der Waals surface area (Å²) in [6.07, 6.45) is 4.59. The van der Waals surface area contributed by atoms with Gasteiger partial charge in [0, 0.05) is 33.7 Å². The summed E-state index contributed by atoms with van der Waals surface area (Å²) in [4.78, 5) is 27.3. The number of hydrogen-bond acceptors (Lipinski definition) is 4. The number of thioether (sulfide) groups is 1. The lowest BCUT2D eigenvalue weighted by Crippen LogP contribution is -2.27. The Morgan fingerprint density at radius 1 is 1.00 bits per heavy atom. The molecule has 35 heavy (non-hydrogen) atoms. The number of fused-ring (bicyclic) bond motifs is 1. The molecular formula is C27H20BrClN2O3S. The summed E-state index contributed by atoms with van der Waals surface area (Å²) in [6, 6.07) is 22.5. The number of benzene rings is 3. The molecule has 0 aliphatic carbocycles. The van der Waals surface area contributed by atoms with Gasteiger partial charge in [-0.05, 0) is 66.7 Å². The van der Waals surface area contributed by atoms with E-state index in [2.05, 4.69) is 20.5 Å². The van der Waals surface area contributed by atoms with Crippen LogP contribution in [0.1, 0.15) is 12.0 Å². The van der Waals surface area contributed by atoms with Gasteiger partial charge in [0.15, 0.2) is 0 Å². The van der Waals surface area contributed by atoms with Gasteiger partial charge < -0.3 is 9.30 Å². The van der Waals surface area contributed by atoms with Crippen molar-refractivity contribution in [2.75, 3.05) is 11.5 Å². The van der Waals surface area contributed by atoms with Gasteiger partial charge in [-0.3, -0.25) is 9.59 Å². The van der Waals surface area contributed by atoms with Crippen molar-refractivity contribution in [2.45, 2.75) is 13.0 Å². The highest BCUT2D eigenvalue weighted by Crippen LogP contribution is 2.37. The van der Waals surface area contributed by atoms with Gasteiger partial charge >= 0.3 is 0 Å². The lowest BCUT2D eigenvalue weighted by atomic mass is 10.1.